The van der Waals surface area contributed by atoms with Crippen LogP contribution in [0.5, 0.6) is 11.5 Å². The van der Waals surface area contributed by atoms with Gasteiger partial charge in [-0.1, -0.05) is 88.6 Å². The molecule has 0 saturated heterocycles. The monoisotopic (exact) mass is 542 g/mol. The Morgan fingerprint density at radius 3 is 2.00 bits per heavy atom. The van der Waals surface area contributed by atoms with Crippen LogP contribution in [0.2, 0.25) is 0 Å². The van der Waals surface area contributed by atoms with Crippen LogP contribution in [-0.2, 0) is 17.6 Å². The number of unbranched alkanes of at least 4 members (excludes halogenated alkanes) is 8. The maximum absolute atomic E-state index is 12.7. The molecule has 0 bridgehead atoms. The fourth-order valence-corrected chi connectivity index (χ4v) is 5.32. The maximum Gasteiger partial charge on any atom is 0.343 e. The van der Waals surface area contributed by atoms with Gasteiger partial charge in [0.25, 0.3) is 0 Å². The van der Waals surface area contributed by atoms with Gasteiger partial charge >= 0.3 is 11.9 Å². The van der Waals surface area contributed by atoms with Crippen molar-refractivity contribution in [1.82, 2.24) is 0 Å². The number of carbonyl (C=O) groups is 2. The largest absolute Gasteiger partial charge is 0.494 e. The fraction of sp³-hybridized carbons (Fsp3) is 0.429. The first-order valence-corrected chi connectivity index (χ1v) is 14.9. The first-order valence-electron chi connectivity index (χ1n) is 14.9. The van der Waals surface area contributed by atoms with Crippen LogP contribution in [0.4, 0.5) is 0 Å². The Bertz CT molecular complexity index is 1230. The van der Waals surface area contributed by atoms with Crippen molar-refractivity contribution in [3.63, 3.8) is 0 Å². The minimum atomic E-state index is -0.752. The van der Waals surface area contributed by atoms with E-state index in [-0.39, 0.29) is 5.92 Å². The molecular weight excluding hydrogens is 500 g/mol. The van der Waals surface area contributed by atoms with Crippen molar-refractivity contribution in [2.45, 2.75) is 84.0 Å². The number of carboxylic acid groups (broad SMARTS) is 1. The van der Waals surface area contributed by atoms with Crippen molar-refractivity contribution in [3.05, 3.63) is 83.4 Å². The highest BCUT2D eigenvalue weighted by Gasteiger charge is 2.24. The molecule has 3 aromatic carbocycles. The van der Waals surface area contributed by atoms with Crippen molar-refractivity contribution in [3.8, 4) is 22.6 Å². The van der Waals surface area contributed by atoms with Gasteiger partial charge in [-0.15, -0.1) is 0 Å². The summed E-state index contributed by atoms with van der Waals surface area (Å²) in [4.78, 5) is 24.0. The number of fused-ring (bicyclic) bond motifs is 1. The lowest BCUT2D eigenvalue weighted by molar-refractivity contribution is -0.142. The zero-order chi connectivity index (χ0) is 28.2. The van der Waals surface area contributed by atoms with Gasteiger partial charge in [-0.2, -0.15) is 0 Å². The summed E-state index contributed by atoms with van der Waals surface area (Å²) < 4.78 is 11.5. The van der Waals surface area contributed by atoms with E-state index in [9.17, 15) is 14.7 Å². The van der Waals surface area contributed by atoms with Crippen LogP contribution in [0.25, 0.3) is 11.1 Å². The molecule has 5 heteroatoms. The lowest BCUT2D eigenvalue weighted by atomic mass is 9.84. The molecule has 1 N–H and O–H groups in total. The van der Waals surface area contributed by atoms with E-state index in [1.54, 1.807) is 18.2 Å². The summed E-state index contributed by atoms with van der Waals surface area (Å²) in [6, 6.07) is 21.0. The third-order valence-electron chi connectivity index (χ3n) is 7.79. The average molecular weight is 543 g/mol. The van der Waals surface area contributed by atoms with Crippen LogP contribution < -0.4 is 9.47 Å². The van der Waals surface area contributed by atoms with Gasteiger partial charge in [0, 0.05) is 0 Å². The van der Waals surface area contributed by atoms with E-state index in [0.29, 0.717) is 30.6 Å². The predicted octanol–water partition coefficient (Wildman–Crippen LogP) is 8.67. The molecule has 0 heterocycles. The summed E-state index contributed by atoms with van der Waals surface area (Å²) >= 11 is 0. The van der Waals surface area contributed by atoms with Crippen molar-refractivity contribution in [1.29, 1.82) is 0 Å². The number of aliphatic carboxylic acids is 1. The quantitative estimate of drug-likeness (QED) is 0.118. The topological polar surface area (TPSA) is 72.8 Å². The van der Waals surface area contributed by atoms with Crippen LogP contribution >= 0.6 is 0 Å². The lowest BCUT2D eigenvalue weighted by Gasteiger charge is -2.21. The van der Waals surface area contributed by atoms with E-state index >= 15 is 0 Å². The van der Waals surface area contributed by atoms with Gasteiger partial charge in [0.15, 0.2) is 0 Å². The molecule has 0 radical (unpaired) electrons. The lowest BCUT2D eigenvalue weighted by Crippen LogP contribution is -2.22. The number of aryl methyl sites for hydroxylation is 1. The fourth-order valence-electron chi connectivity index (χ4n) is 5.32. The molecule has 0 saturated carbocycles. The molecule has 0 aliphatic heterocycles. The standard InChI is InChI=1S/C35H42O5/c1-2-3-4-5-6-7-8-9-10-23-39-32-20-17-27(18-21-32)26-11-13-28(14-12-26)35(38)40-33-22-19-29-24-31(34(36)37)16-15-30(29)25-33/h11-14,17-22,25,31H,2-10,15-16,23-24H2,1H3,(H,36,37). The van der Waals surface area contributed by atoms with Crippen LogP contribution in [0.1, 0.15) is 92.6 Å². The highest BCUT2D eigenvalue weighted by Crippen LogP contribution is 2.29. The number of ether oxygens (including phenoxy) is 2. The number of carboxylic acids is 1. The molecule has 1 unspecified atom stereocenters. The Balaban J connectivity index is 1.20. The van der Waals surface area contributed by atoms with E-state index in [0.717, 1.165) is 41.0 Å². The molecule has 1 aliphatic rings. The summed E-state index contributed by atoms with van der Waals surface area (Å²) in [6.45, 7) is 3.01. The number of benzene rings is 3. The van der Waals surface area contributed by atoms with E-state index < -0.39 is 11.9 Å². The Morgan fingerprint density at radius 2 is 1.35 bits per heavy atom. The minimum absolute atomic E-state index is 0.340. The molecule has 3 aromatic rings. The summed E-state index contributed by atoms with van der Waals surface area (Å²) in [5.74, 6) is -0.136. The molecule has 1 atom stereocenters. The molecule has 40 heavy (non-hydrogen) atoms. The highest BCUT2D eigenvalue weighted by molar-refractivity contribution is 5.91. The van der Waals surface area contributed by atoms with Crippen molar-refractivity contribution in [2.75, 3.05) is 6.61 Å². The average Bonchev–Trinajstić information content (AvgIpc) is 2.98. The third-order valence-corrected chi connectivity index (χ3v) is 7.79. The molecule has 0 fully saturated rings. The summed E-state index contributed by atoms with van der Waals surface area (Å²) in [5.41, 5.74) is 4.63. The Labute approximate surface area is 238 Å². The third kappa shape index (κ3) is 8.70. The molecule has 0 spiro atoms. The number of esters is 1. The van der Waals surface area contributed by atoms with Crippen LogP contribution in [0, 0.1) is 5.92 Å². The minimum Gasteiger partial charge on any atom is -0.494 e. The Morgan fingerprint density at radius 1 is 0.750 bits per heavy atom. The molecule has 0 aromatic heterocycles. The number of hydrogen-bond acceptors (Lipinski definition) is 4. The number of hydrogen-bond donors (Lipinski definition) is 1. The first kappa shape index (κ1) is 29.4. The molecule has 0 amide bonds. The van der Waals surface area contributed by atoms with Crippen molar-refractivity contribution < 1.29 is 24.2 Å². The first-order chi connectivity index (χ1) is 19.5. The normalized spacial score (nSPS) is 14.4. The van der Waals surface area contributed by atoms with Gasteiger partial charge in [-0.25, -0.2) is 4.79 Å². The van der Waals surface area contributed by atoms with E-state index in [4.69, 9.17) is 9.47 Å². The van der Waals surface area contributed by atoms with Gasteiger partial charge in [-0.05, 0) is 84.3 Å². The predicted molar refractivity (Wildman–Crippen MR) is 159 cm³/mol. The van der Waals surface area contributed by atoms with Crippen molar-refractivity contribution >= 4 is 11.9 Å². The molecule has 1 aliphatic carbocycles. The van der Waals surface area contributed by atoms with Gasteiger partial charge in [0.1, 0.15) is 11.5 Å². The smallest absolute Gasteiger partial charge is 0.343 e. The second-order valence-corrected chi connectivity index (χ2v) is 10.9. The van der Waals surface area contributed by atoms with Gasteiger partial charge < -0.3 is 14.6 Å². The molecule has 212 valence electrons. The Kier molecular flexibility index (Phi) is 11.2. The second-order valence-electron chi connectivity index (χ2n) is 10.9. The van der Waals surface area contributed by atoms with E-state index in [1.165, 1.54) is 51.4 Å². The van der Waals surface area contributed by atoms with Gasteiger partial charge in [-0.3, -0.25) is 4.79 Å². The number of rotatable bonds is 15. The number of carbonyl (C=O) groups excluding carboxylic acids is 1. The maximum atomic E-state index is 12.7. The van der Waals surface area contributed by atoms with Gasteiger partial charge in [0.05, 0.1) is 18.1 Å². The summed E-state index contributed by atoms with van der Waals surface area (Å²) in [6.07, 6.45) is 13.5. The van der Waals surface area contributed by atoms with Crippen LogP contribution in [0.15, 0.2) is 66.7 Å². The second kappa shape index (κ2) is 15.3. The zero-order valence-electron chi connectivity index (χ0n) is 23.7. The van der Waals surface area contributed by atoms with Crippen molar-refractivity contribution in [2.24, 2.45) is 5.92 Å². The zero-order valence-corrected chi connectivity index (χ0v) is 23.7. The summed E-state index contributed by atoms with van der Waals surface area (Å²) in [7, 11) is 0. The van der Waals surface area contributed by atoms with Gasteiger partial charge in [0.2, 0.25) is 0 Å². The summed E-state index contributed by atoms with van der Waals surface area (Å²) in [5, 5.41) is 9.28. The van der Waals surface area contributed by atoms with E-state index in [1.807, 2.05) is 48.5 Å². The SMILES string of the molecule is CCCCCCCCCCCOc1ccc(-c2ccc(C(=O)Oc3ccc4c(c3)CCC(C(=O)O)C4)cc2)cc1. The van der Waals surface area contributed by atoms with Crippen LogP contribution in [0.3, 0.4) is 0 Å². The van der Waals surface area contributed by atoms with E-state index in [2.05, 4.69) is 6.92 Å². The molecular formula is C35H42O5. The molecule has 4 rings (SSSR count). The van der Waals surface area contributed by atoms with Crippen LogP contribution in [-0.4, -0.2) is 23.7 Å². The molecule has 5 nitrogen and oxygen atoms in total. The highest BCUT2D eigenvalue weighted by atomic mass is 16.5. The Hall–Kier alpha value is -3.60.